The van der Waals surface area contributed by atoms with E-state index in [9.17, 15) is 9.90 Å². The van der Waals surface area contributed by atoms with E-state index >= 15 is 0 Å². The van der Waals surface area contributed by atoms with Crippen LogP contribution in [-0.2, 0) is 4.79 Å². The molecule has 0 amide bonds. The molecule has 5 heteroatoms. The Morgan fingerprint density at radius 2 is 2.29 bits per heavy atom. The van der Waals surface area contributed by atoms with E-state index in [1.165, 1.54) is 0 Å². The molecule has 1 aliphatic rings. The van der Waals surface area contributed by atoms with Gasteiger partial charge in [0.05, 0.1) is 7.11 Å². The fraction of sp³-hybridized carbons (Fsp3) is 0.562. The van der Waals surface area contributed by atoms with E-state index in [1.54, 1.807) is 25.8 Å². The number of ether oxygens (including phenoxy) is 1. The molecule has 0 aromatic heterocycles. The first-order valence-electron chi connectivity index (χ1n) is 7.31. The Kier molecular flexibility index (Phi) is 5.53. The van der Waals surface area contributed by atoms with Crippen molar-refractivity contribution in [3.63, 3.8) is 0 Å². The molecule has 0 aliphatic heterocycles. The van der Waals surface area contributed by atoms with Gasteiger partial charge in [0, 0.05) is 10.9 Å². The fourth-order valence-electron chi connectivity index (χ4n) is 2.23. The number of thioether (sulfide) groups is 1. The molecule has 0 spiro atoms. The minimum absolute atomic E-state index is 0.400. The molecule has 4 nitrogen and oxygen atoms in total. The van der Waals surface area contributed by atoms with Crippen molar-refractivity contribution < 1.29 is 14.6 Å². The van der Waals surface area contributed by atoms with E-state index in [-0.39, 0.29) is 0 Å². The second-order valence-electron chi connectivity index (χ2n) is 5.69. The molecule has 1 atom stereocenters. The maximum absolute atomic E-state index is 11.4. The van der Waals surface area contributed by atoms with Crippen molar-refractivity contribution in [3.8, 4) is 5.75 Å². The number of nitrogens with one attached hydrogen (secondary N) is 1. The van der Waals surface area contributed by atoms with Crippen molar-refractivity contribution in [3.05, 3.63) is 24.3 Å². The van der Waals surface area contributed by atoms with Gasteiger partial charge in [0.15, 0.2) is 0 Å². The molecule has 1 aromatic carbocycles. The van der Waals surface area contributed by atoms with Gasteiger partial charge in [-0.3, -0.25) is 10.1 Å². The highest BCUT2D eigenvalue weighted by atomic mass is 32.2. The van der Waals surface area contributed by atoms with Crippen LogP contribution in [0.4, 0.5) is 0 Å². The maximum atomic E-state index is 11.4. The largest absolute Gasteiger partial charge is 0.497 e. The zero-order valence-corrected chi connectivity index (χ0v) is 13.4. The number of carboxylic acid groups (broad SMARTS) is 1. The van der Waals surface area contributed by atoms with Crippen LogP contribution in [0.1, 0.15) is 32.6 Å². The van der Waals surface area contributed by atoms with Crippen LogP contribution < -0.4 is 10.1 Å². The molecule has 1 fully saturated rings. The number of carboxylic acids is 1. The first kappa shape index (κ1) is 16.2. The number of aliphatic carboxylic acids is 1. The lowest BCUT2D eigenvalue weighted by molar-refractivity contribution is -0.144. The van der Waals surface area contributed by atoms with Crippen molar-refractivity contribution in [2.24, 2.45) is 0 Å². The second-order valence-corrected chi connectivity index (χ2v) is 6.86. The van der Waals surface area contributed by atoms with E-state index in [0.29, 0.717) is 12.5 Å². The van der Waals surface area contributed by atoms with E-state index in [1.807, 2.05) is 24.3 Å². The van der Waals surface area contributed by atoms with E-state index in [2.05, 4.69) is 5.32 Å². The van der Waals surface area contributed by atoms with Gasteiger partial charge in [0.1, 0.15) is 11.3 Å². The summed E-state index contributed by atoms with van der Waals surface area (Å²) < 4.78 is 5.20. The molecule has 0 bridgehead atoms. The Morgan fingerprint density at radius 1 is 1.52 bits per heavy atom. The highest BCUT2D eigenvalue weighted by Gasteiger charge is 2.37. The maximum Gasteiger partial charge on any atom is 0.323 e. The number of carbonyl (C=O) groups is 1. The average Bonchev–Trinajstić information content (AvgIpc) is 3.27. The second kappa shape index (κ2) is 7.18. The minimum atomic E-state index is -0.796. The van der Waals surface area contributed by atoms with Gasteiger partial charge in [0.2, 0.25) is 0 Å². The van der Waals surface area contributed by atoms with Crippen LogP contribution in [0.15, 0.2) is 29.2 Å². The van der Waals surface area contributed by atoms with Crippen LogP contribution in [-0.4, -0.2) is 35.5 Å². The summed E-state index contributed by atoms with van der Waals surface area (Å²) in [6.07, 6.45) is 3.71. The number of hydrogen-bond donors (Lipinski definition) is 2. The van der Waals surface area contributed by atoms with E-state index < -0.39 is 11.5 Å². The van der Waals surface area contributed by atoms with Crippen molar-refractivity contribution in [2.75, 3.05) is 12.9 Å². The molecule has 0 heterocycles. The lowest BCUT2D eigenvalue weighted by atomic mass is 9.96. The molecule has 0 radical (unpaired) electrons. The summed E-state index contributed by atoms with van der Waals surface area (Å²) in [5.74, 6) is 1.01. The highest BCUT2D eigenvalue weighted by molar-refractivity contribution is 7.99. The van der Waals surface area contributed by atoms with Gasteiger partial charge in [0.25, 0.3) is 0 Å². The SMILES string of the molecule is COc1cccc(SCCCC(C)(NC2CC2)C(=O)O)c1. The first-order valence-corrected chi connectivity index (χ1v) is 8.30. The van der Waals surface area contributed by atoms with Gasteiger partial charge >= 0.3 is 5.97 Å². The Morgan fingerprint density at radius 3 is 2.90 bits per heavy atom. The molecule has 21 heavy (non-hydrogen) atoms. The molecule has 0 saturated heterocycles. The summed E-state index contributed by atoms with van der Waals surface area (Å²) in [6.45, 7) is 1.80. The topological polar surface area (TPSA) is 58.6 Å². The van der Waals surface area contributed by atoms with Crippen LogP contribution >= 0.6 is 11.8 Å². The molecule has 1 saturated carbocycles. The monoisotopic (exact) mass is 309 g/mol. The van der Waals surface area contributed by atoms with Gasteiger partial charge in [-0.25, -0.2) is 0 Å². The summed E-state index contributed by atoms with van der Waals surface area (Å²) in [5, 5.41) is 12.7. The number of methoxy groups -OCH3 is 1. The fourth-order valence-corrected chi connectivity index (χ4v) is 3.12. The lowest BCUT2D eigenvalue weighted by Gasteiger charge is -2.26. The Hall–Kier alpha value is -1.20. The molecule has 1 aromatic rings. The number of rotatable bonds is 9. The smallest absolute Gasteiger partial charge is 0.323 e. The average molecular weight is 309 g/mol. The summed E-state index contributed by atoms with van der Waals surface area (Å²) >= 11 is 1.74. The van der Waals surface area contributed by atoms with Crippen LogP contribution in [0.3, 0.4) is 0 Å². The Bertz CT molecular complexity index is 490. The van der Waals surface area contributed by atoms with Crippen LogP contribution in [0, 0.1) is 0 Å². The number of benzene rings is 1. The number of hydrogen-bond acceptors (Lipinski definition) is 4. The van der Waals surface area contributed by atoms with Crippen LogP contribution in [0.25, 0.3) is 0 Å². The molecule has 1 aliphatic carbocycles. The third-order valence-corrected chi connectivity index (χ3v) is 4.78. The summed E-state index contributed by atoms with van der Waals surface area (Å²) in [6, 6.07) is 8.34. The lowest BCUT2D eigenvalue weighted by Crippen LogP contribution is -2.50. The Labute approximate surface area is 130 Å². The van der Waals surface area contributed by atoms with Crippen LogP contribution in [0.2, 0.25) is 0 Å². The predicted octanol–water partition coefficient (Wildman–Crippen LogP) is 3.16. The van der Waals surface area contributed by atoms with Crippen LogP contribution in [0.5, 0.6) is 5.75 Å². The van der Waals surface area contributed by atoms with Crippen molar-refractivity contribution in [1.29, 1.82) is 0 Å². The van der Waals surface area contributed by atoms with Gasteiger partial charge in [-0.1, -0.05) is 6.07 Å². The first-order chi connectivity index (χ1) is 10.0. The minimum Gasteiger partial charge on any atom is -0.497 e. The van der Waals surface area contributed by atoms with Crippen molar-refractivity contribution in [1.82, 2.24) is 5.32 Å². The van der Waals surface area contributed by atoms with Crippen molar-refractivity contribution in [2.45, 2.75) is 49.1 Å². The summed E-state index contributed by atoms with van der Waals surface area (Å²) in [7, 11) is 1.66. The van der Waals surface area contributed by atoms with Gasteiger partial charge in [-0.2, -0.15) is 0 Å². The standard InChI is InChI=1S/C16H23NO3S/c1-16(15(18)19,17-12-7-8-12)9-4-10-21-14-6-3-5-13(11-14)20-2/h3,5-6,11-12,17H,4,7-10H2,1-2H3,(H,18,19). The highest BCUT2D eigenvalue weighted by Crippen LogP contribution is 2.27. The summed E-state index contributed by atoms with van der Waals surface area (Å²) in [5.41, 5.74) is -0.796. The van der Waals surface area contributed by atoms with Gasteiger partial charge < -0.3 is 9.84 Å². The van der Waals surface area contributed by atoms with Crippen molar-refractivity contribution >= 4 is 17.7 Å². The molecular weight excluding hydrogens is 286 g/mol. The zero-order chi connectivity index (χ0) is 15.3. The quantitative estimate of drug-likeness (QED) is 0.542. The molecule has 2 N–H and O–H groups in total. The molecule has 1 unspecified atom stereocenters. The Balaban J connectivity index is 1.77. The van der Waals surface area contributed by atoms with Gasteiger partial charge in [-0.05, 0) is 56.6 Å². The van der Waals surface area contributed by atoms with E-state index in [4.69, 9.17) is 4.74 Å². The van der Waals surface area contributed by atoms with E-state index in [0.717, 1.165) is 35.7 Å². The molecule has 116 valence electrons. The third kappa shape index (κ3) is 4.93. The normalized spacial score (nSPS) is 17.2. The zero-order valence-electron chi connectivity index (χ0n) is 12.6. The third-order valence-electron chi connectivity index (χ3n) is 3.70. The summed E-state index contributed by atoms with van der Waals surface area (Å²) in [4.78, 5) is 12.6. The molecule has 2 rings (SSSR count). The molecular formula is C16H23NO3S. The van der Waals surface area contributed by atoms with Gasteiger partial charge in [-0.15, -0.1) is 11.8 Å². The predicted molar refractivity (Wildman–Crippen MR) is 85.2 cm³/mol.